The molecule has 1 atom stereocenters. The highest BCUT2D eigenvalue weighted by molar-refractivity contribution is 7.91. The Labute approximate surface area is 201 Å². The molecule has 0 unspecified atom stereocenters. The van der Waals surface area contributed by atoms with Crippen molar-refractivity contribution in [2.75, 3.05) is 18.6 Å². The van der Waals surface area contributed by atoms with Gasteiger partial charge in [-0.2, -0.15) is 0 Å². The normalized spacial score (nSPS) is 17.3. The number of amides is 1. The maximum absolute atomic E-state index is 13.4. The van der Waals surface area contributed by atoms with Gasteiger partial charge in [0.2, 0.25) is 5.91 Å². The number of sulfone groups is 1. The van der Waals surface area contributed by atoms with Gasteiger partial charge >= 0.3 is 5.63 Å². The lowest BCUT2D eigenvalue weighted by Gasteiger charge is -2.23. The lowest BCUT2D eigenvalue weighted by atomic mass is 9.98. The lowest BCUT2D eigenvalue weighted by Crippen LogP contribution is -2.38. The largest absolute Gasteiger partial charge is 0.464 e. The molecule has 0 radical (unpaired) electrons. The van der Waals surface area contributed by atoms with Crippen LogP contribution in [0.3, 0.4) is 0 Å². The molecule has 1 aliphatic heterocycles. The molecular weight excluding hydrogens is 473 g/mol. The number of hydrogen-bond donors (Lipinski definition) is 0. The average Bonchev–Trinajstić information content (AvgIpc) is 3.40. The zero-order valence-electron chi connectivity index (χ0n) is 19.3. The molecule has 1 aliphatic rings. The number of hydrogen-bond acceptors (Lipinski definition) is 6. The summed E-state index contributed by atoms with van der Waals surface area (Å²) in [5, 5.41) is 1.52. The molecule has 4 aromatic rings. The number of benzene rings is 2. The van der Waals surface area contributed by atoms with Gasteiger partial charge in [-0.3, -0.25) is 4.79 Å². The first kappa shape index (κ1) is 23.3. The van der Waals surface area contributed by atoms with Crippen molar-refractivity contribution in [3.8, 4) is 11.1 Å². The summed E-state index contributed by atoms with van der Waals surface area (Å²) in [5.74, 6) is -0.479. The Morgan fingerprint density at radius 1 is 1.14 bits per heavy atom. The van der Waals surface area contributed by atoms with Crippen molar-refractivity contribution >= 4 is 37.7 Å². The zero-order chi connectivity index (χ0) is 24.9. The van der Waals surface area contributed by atoms with Crippen LogP contribution in [0.4, 0.5) is 4.39 Å². The van der Waals surface area contributed by atoms with Gasteiger partial charge in [0.15, 0.2) is 9.84 Å². The molecule has 9 heteroatoms. The standard InChI is InChI=1S/C26H24FNO6S/c1-15-19(7-8-25(29)28(2)18-9-10-35(31,32)14-18)26(30)34-24-12-23-21(11-20(15)24)22(13-33-23)16-3-5-17(27)6-4-16/h3-6,11-13,18H,7-10,14H2,1-2H3/t18-/m1/s1. The lowest BCUT2D eigenvalue weighted by molar-refractivity contribution is -0.131. The molecule has 1 saturated heterocycles. The minimum absolute atomic E-state index is 0.0243. The summed E-state index contributed by atoms with van der Waals surface area (Å²) in [6, 6.07) is 9.32. The van der Waals surface area contributed by atoms with Crippen molar-refractivity contribution in [2.45, 2.75) is 32.2 Å². The number of furan rings is 1. The summed E-state index contributed by atoms with van der Waals surface area (Å²) in [7, 11) is -1.50. The first-order valence-electron chi connectivity index (χ1n) is 11.3. The van der Waals surface area contributed by atoms with E-state index < -0.39 is 15.5 Å². The van der Waals surface area contributed by atoms with Gasteiger partial charge in [-0.05, 0) is 49.1 Å². The van der Waals surface area contributed by atoms with Crippen molar-refractivity contribution < 1.29 is 26.4 Å². The molecule has 182 valence electrons. The molecule has 0 saturated carbocycles. The monoisotopic (exact) mass is 497 g/mol. The number of carbonyl (C=O) groups excluding carboxylic acids is 1. The molecule has 3 heterocycles. The van der Waals surface area contributed by atoms with Gasteiger partial charge in [-0.1, -0.05) is 12.1 Å². The fraction of sp³-hybridized carbons (Fsp3) is 0.308. The summed E-state index contributed by atoms with van der Waals surface area (Å²) >= 11 is 0. The highest BCUT2D eigenvalue weighted by Crippen LogP contribution is 2.34. The topological polar surface area (TPSA) is 97.8 Å². The fourth-order valence-electron chi connectivity index (χ4n) is 4.74. The number of rotatable bonds is 5. The van der Waals surface area contributed by atoms with E-state index in [-0.39, 0.29) is 42.1 Å². The van der Waals surface area contributed by atoms with Crippen LogP contribution in [0, 0.1) is 12.7 Å². The Hall–Kier alpha value is -3.46. The van der Waals surface area contributed by atoms with Gasteiger partial charge in [0.05, 0.1) is 17.8 Å². The molecular formula is C26H24FNO6S. The van der Waals surface area contributed by atoms with E-state index in [4.69, 9.17) is 8.83 Å². The van der Waals surface area contributed by atoms with Crippen LogP contribution in [-0.2, 0) is 21.1 Å². The smallest absolute Gasteiger partial charge is 0.339 e. The summed E-state index contributed by atoms with van der Waals surface area (Å²) in [5.41, 5.74) is 3.10. The van der Waals surface area contributed by atoms with Gasteiger partial charge in [-0.25, -0.2) is 17.6 Å². The van der Waals surface area contributed by atoms with E-state index in [2.05, 4.69) is 0 Å². The predicted molar refractivity (Wildman–Crippen MR) is 131 cm³/mol. The van der Waals surface area contributed by atoms with Gasteiger partial charge in [0.1, 0.15) is 17.0 Å². The molecule has 1 fully saturated rings. The Morgan fingerprint density at radius 3 is 2.57 bits per heavy atom. The third kappa shape index (κ3) is 4.36. The molecule has 2 aromatic carbocycles. The van der Waals surface area contributed by atoms with Crippen molar-refractivity contribution in [3.63, 3.8) is 0 Å². The first-order chi connectivity index (χ1) is 16.6. The minimum Gasteiger partial charge on any atom is -0.464 e. The molecule has 0 N–H and O–H groups in total. The molecule has 7 nitrogen and oxygen atoms in total. The Morgan fingerprint density at radius 2 is 1.89 bits per heavy atom. The van der Waals surface area contributed by atoms with Gasteiger partial charge in [0.25, 0.3) is 0 Å². The third-order valence-corrected chi connectivity index (χ3v) is 8.63. The predicted octanol–water partition coefficient (Wildman–Crippen LogP) is 4.23. The molecule has 0 bridgehead atoms. The van der Waals surface area contributed by atoms with E-state index in [1.54, 1.807) is 31.5 Å². The maximum atomic E-state index is 13.4. The molecule has 35 heavy (non-hydrogen) atoms. The SMILES string of the molecule is Cc1c(CCC(=O)N(C)[C@@H]2CCS(=O)(=O)C2)c(=O)oc2cc3occ(-c4ccc(F)cc4)c3cc12. The Balaban J connectivity index is 1.45. The van der Waals surface area contributed by atoms with Crippen LogP contribution >= 0.6 is 0 Å². The number of fused-ring (bicyclic) bond motifs is 2. The highest BCUT2D eigenvalue weighted by atomic mass is 32.2. The highest BCUT2D eigenvalue weighted by Gasteiger charge is 2.32. The molecule has 1 amide bonds. The van der Waals surface area contributed by atoms with Crippen LogP contribution < -0.4 is 5.63 Å². The zero-order valence-corrected chi connectivity index (χ0v) is 20.2. The Bertz CT molecular complexity index is 1620. The van der Waals surface area contributed by atoms with Crippen LogP contribution in [0.15, 0.2) is 56.3 Å². The summed E-state index contributed by atoms with van der Waals surface area (Å²) < 4.78 is 48.1. The number of nitrogens with zero attached hydrogens (tertiary/aromatic N) is 1. The van der Waals surface area contributed by atoms with Crippen molar-refractivity contribution in [3.05, 3.63) is 70.0 Å². The van der Waals surface area contributed by atoms with E-state index in [1.807, 2.05) is 13.0 Å². The van der Waals surface area contributed by atoms with Crippen LogP contribution in [0.5, 0.6) is 0 Å². The second-order valence-electron chi connectivity index (χ2n) is 9.06. The van der Waals surface area contributed by atoms with E-state index in [0.717, 1.165) is 21.9 Å². The van der Waals surface area contributed by atoms with Gasteiger partial charge < -0.3 is 13.7 Å². The third-order valence-electron chi connectivity index (χ3n) is 6.88. The fourth-order valence-corrected chi connectivity index (χ4v) is 6.52. The summed E-state index contributed by atoms with van der Waals surface area (Å²) in [4.78, 5) is 26.9. The summed E-state index contributed by atoms with van der Waals surface area (Å²) in [6.07, 6.45) is 2.27. The van der Waals surface area contributed by atoms with E-state index >= 15 is 0 Å². The maximum Gasteiger partial charge on any atom is 0.339 e. The van der Waals surface area contributed by atoms with Crippen LogP contribution in [0.2, 0.25) is 0 Å². The molecule has 5 rings (SSSR count). The number of aryl methyl sites for hydroxylation is 1. The van der Waals surface area contributed by atoms with Crippen LogP contribution in [-0.4, -0.2) is 43.8 Å². The summed E-state index contributed by atoms with van der Waals surface area (Å²) in [6.45, 7) is 1.82. The number of halogens is 1. The van der Waals surface area contributed by atoms with E-state index in [1.165, 1.54) is 17.0 Å². The van der Waals surface area contributed by atoms with Gasteiger partial charge in [0, 0.05) is 47.5 Å². The van der Waals surface area contributed by atoms with Crippen molar-refractivity contribution in [2.24, 2.45) is 0 Å². The van der Waals surface area contributed by atoms with Crippen molar-refractivity contribution in [1.29, 1.82) is 0 Å². The minimum atomic E-state index is -3.10. The van der Waals surface area contributed by atoms with E-state index in [9.17, 15) is 22.4 Å². The average molecular weight is 498 g/mol. The van der Waals surface area contributed by atoms with Crippen LogP contribution in [0.25, 0.3) is 33.1 Å². The quantitative estimate of drug-likeness (QED) is 0.383. The molecule has 0 aliphatic carbocycles. The second-order valence-corrected chi connectivity index (χ2v) is 11.3. The van der Waals surface area contributed by atoms with E-state index in [0.29, 0.717) is 28.7 Å². The van der Waals surface area contributed by atoms with Crippen molar-refractivity contribution in [1.82, 2.24) is 4.90 Å². The molecule has 2 aromatic heterocycles. The number of carbonyl (C=O) groups is 1. The van der Waals surface area contributed by atoms with Gasteiger partial charge in [-0.15, -0.1) is 0 Å². The Kier molecular flexibility index (Phi) is 5.75. The van der Waals surface area contributed by atoms with Crippen LogP contribution in [0.1, 0.15) is 24.0 Å². The second kappa shape index (κ2) is 8.64. The molecule has 0 spiro atoms. The first-order valence-corrected chi connectivity index (χ1v) is 13.1.